The number of rotatable bonds is 8. The van der Waals surface area contributed by atoms with Crippen LogP contribution in [-0.2, 0) is 6.42 Å². The number of hydrogen-bond donors (Lipinski definition) is 4. The van der Waals surface area contributed by atoms with Crippen molar-refractivity contribution in [3.05, 3.63) is 5.69 Å². The first kappa shape index (κ1) is 16.2. The standard InChI is InChI=1S/C14H23N7O/c1-4-6-16-13-18-9(5-2)10-11(20-13)12(15-3)21-14(19-10)17-7-8-22/h22H,4-8H2,1-3H3,(H,16,18,20)(H2,15,17,19,21). The Morgan fingerprint density at radius 3 is 2.23 bits per heavy atom. The highest BCUT2D eigenvalue weighted by Crippen LogP contribution is 2.23. The van der Waals surface area contributed by atoms with Crippen LogP contribution in [-0.4, -0.2) is 51.8 Å². The van der Waals surface area contributed by atoms with Gasteiger partial charge in [-0.05, 0) is 12.8 Å². The molecule has 120 valence electrons. The van der Waals surface area contributed by atoms with Gasteiger partial charge < -0.3 is 21.1 Å². The summed E-state index contributed by atoms with van der Waals surface area (Å²) in [5, 5.41) is 18.2. The summed E-state index contributed by atoms with van der Waals surface area (Å²) in [6.07, 6.45) is 1.75. The molecule has 0 saturated heterocycles. The number of fused-ring (bicyclic) bond motifs is 1. The van der Waals surface area contributed by atoms with E-state index < -0.39 is 0 Å². The van der Waals surface area contributed by atoms with Crippen molar-refractivity contribution < 1.29 is 5.11 Å². The first-order valence-corrected chi connectivity index (χ1v) is 7.58. The predicted molar refractivity (Wildman–Crippen MR) is 88.4 cm³/mol. The third-order valence-corrected chi connectivity index (χ3v) is 3.12. The van der Waals surface area contributed by atoms with E-state index in [-0.39, 0.29) is 6.61 Å². The van der Waals surface area contributed by atoms with Crippen LogP contribution in [0.1, 0.15) is 26.0 Å². The molecule has 8 heteroatoms. The van der Waals surface area contributed by atoms with Gasteiger partial charge in [-0.25, -0.2) is 15.0 Å². The van der Waals surface area contributed by atoms with Gasteiger partial charge in [0.15, 0.2) is 5.82 Å². The molecule has 0 unspecified atom stereocenters. The third kappa shape index (κ3) is 3.51. The summed E-state index contributed by atoms with van der Waals surface area (Å²) in [5.74, 6) is 1.70. The Kier molecular flexibility index (Phi) is 5.65. The van der Waals surface area contributed by atoms with E-state index in [9.17, 15) is 0 Å². The summed E-state index contributed by atoms with van der Waals surface area (Å²) in [7, 11) is 1.80. The zero-order valence-corrected chi connectivity index (χ0v) is 13.3. The quantitative estimate of drug-likeness (QED) is 0.577. The minimum Gasteiger partial charge on any atom is -0.395 e. The second kappa shape index (κ2) is 7.69. The lowest BCUT2D eigenvalue weighted by molar-refractivity contribution is 0.311. The minimum atomic E-state index is 0.0211. The summed E-state index contributed by atoms with van der Waals surface area (Å²) < 4.78 is 0. The Morgan fingerprint density at radius 1 is 0.909 bits per heavy atom. The summed E-state index contributed by atoms with van der Waals surface area (Å²) in [6, 6.07) is 0. The average molecular weight is 305 g/mol. The monoisotopic (exact) mass is 305 g/mol. The summed E-state index contributed by atoms with van der Waals surface area (Å²) in [4.78, 5) is 17.9. The van der Waals surface area contributed by atoms with Crippen LogP contribution >= 0.6 is 0 Å². The number of nitrogens with zero attached hydrogens (tertiary/aromatic N) is 4. The third-order valence-electron chi connectivity index (χ3n) is 3.12. The maximum absolute atomic E-state index is 8.92. The molecule has 8 nitrogen and oxygen atoms in total. The van der Waals surface area contributed by atoms with Crippen LogP contribution in [0.5, 0.6) is 0 Å². The molecule has 2 rings (SSSR count). The Balaban J connectivity index is 2.53. The second-order valence-corrected chi connectivity index (χ2v) is 4.77. The second-order valence-electron chi connectivity index (χ2n) is 4.77. The fourth-order valence-corrected chi connectivity index (χ4v) is 2.06. The predicted octanol–water partition coefficient (Wildman–Crippen LogP) is 1.25. The van der Waals surface area contributed by atoms with Crippen molar-refractivity contribution in [3.8, 4) is 0 Å². The van der Waals surface area contributed by atoms with Crippen LogP contribution < -0.4 is 16.0 Å². The van der Waals surface area contributed by atoms with Crippen LogP contribution in [0.3, 0.4) is 0 Å². The Hall–Kier alpha value is -2.22. The van der Waals surface area contributed by atoms with E-state index in [1.54, 1.807) is 7.05 Å². The molecular formula is C14H23N7O. The van der Waals surface area contributed by atoms with Gasteiger partial charge in [0.05, 0.1) is 12.3 Å². The van der Waals surface area contributed by atoms with Crippen LogP contribution in [0.25, 0.3) is 11.0 Å². The van der Waals surface area contributed by atoms with E-state index >= 15 is 0 Å². The van der Waals surface area contributed by atoms with Crippen molar-refractivity contribution in [1.82, 2.24) is 19.9 Å². The fourth-order valence-electron chi connectivity index (χ4n) is 2.06. The van der Waals surface area contributed by atoms with Gasteiger partial charge in [-0.15, -0.1) is 0 Å². The lowest BCUT2D eigenvalue weighted by atomic mass is 10.2. The molecule has 0 aliphatic rings. The fraction of sp³-hybridized carbons (Fsp3) is 0.571. The number of aliphatic hydroxyl groups excluding tert-OH is 1. The normalized spacial score (nSPS) is 10.7. The molecule has 0 aromatic carbocycles. The molecule has 2 aromatic heterocycles. The SMILES string of the molecule is CCCNc1nc(CC)c2nc(NCCO)nc(NC)c2n1. The van der Waals surface area contributed by atoms with Crippen molar-refractivity contribution in [2.24, 2.45) is 0 Å². The highest BCUT2D eigenvalue weighted by Gasteiger charge is 2.14. The van der Waals surface area contributed by atoms with Crippen LogP contribution in [0.2, 0.25) is 0 Å². The Morgan fingerprint density at radius 2 is 1.59 bits per heavy atom. The molecular weight excluding hydrogens is 282 g/mol. The van der Waals surface area contributed by atoms with Crippen molar-refractivity contribution in [2.75, 3.05) is 42.7 Å². The van der Waals surface area contributed by atoms with E-state index in [1.165, 1.54) is 0 Å². The average Bonchev–Trinajstić information content (AvgIpc) is 2.56. The van der Waals surface area contributed by atoms with Gasteiger partial charge in [0.1, 0.15) is 11.0 Å². The van der Waals surface area contributed by atoms with Gasteiger partial charge in [-0.2, -0.15) is 4.98 Å². The molecule has 0 aliphatic heterocycles. The molecule has 0 aliphatic carbocycles. The van der Waals surface area contributed by atoms with Gasteiger partial charge in [0.25, 0.3) is 0 Å². The number of aryl methyl sites for hydroxylation is 1. The molecule has 2 aromatic rings. The molecule has 0 bridgehead atoms. The molecule has 0 atom stereocenters. The smallest absolute Gasteiger partial charge is 0.225 e. The van der Waals surface area contributed by atoms with Crippen molar-refractivity contribution >= 4 is 28.7 Å². The molecule has 0 amide bonds. The van der Waals surface area contributed by atoms with Crippen molar-refractivity contribution in [1.29, 1.82) is 0 Å². The lowest BCUT2D eigenvalue weighted by Crippen LogP contribution is -2.12. The van der Waals surface area contributed by atoms with Gasteiger partial charge in [-0.3, -0.25) is 0 Å². The van der Waals surface area contributed by atoms with Crippen LogP contribution in [0.15, 0.2) is 0 Å². The first-order valence-electron chi connectivity index (χ1n) is 7.58. The van der Waals surface area contributed by atoms with Gasteiger partial charge >= 0.3 is 0 Å². The molecule has 0 spiro atoms. The van der Waals surface area contributed by atoms with Crippen LogP contribution in [0.4, 0.5) is 17.7 Å². The Labute approximate surface area is 129 Å². The maximum Gasteiger partial charge on any atom is 0.225 e. The molecule has 0 radical (unpaired) electrons. The number of aromatic nitrogens is 4. The summed E-state index contributed by atoms with van der Waals surface area (Å²) in [5.41, 5.74) is 2.29. The molecule has 4 N–H and O–H groups in total. The van der Waals surface area contributed by atoms with Crippen molar-refractivity contribution in [3.63, 3.8) is 0 Å². The lowest BCUT2D eigenvalue weighted by Gasteiger charge is -2.12. The van der Waals surface area contributed by atoms with E-state index in [2.05, 4.69) is 42.8 Å². The molecule has 2 heterocycles. The van der Waals surface area contributed by atoms with E-state index in [4.69, 9.17) is 5.11 Å². The largest absolute Gasteiger partial charge is 0.395 e. The van der Waals surface area contributed by atoms with Crippen molar-refractivity contribution in [2.45, 2.75) is 26.7 Å². The Bertz CT molecular complexity index is 577. The number of anilines is 3. The number of hydrogen-bond acceptors (Lipinski definition) is 8. The van der Waals surface area contributed by atoms with E-state index in [0.29, 0.717) is 29.8 Å². The molecule has 0 fully saturated rings. The number of aliphatic hydroxyl groups is 1. The first-order chi connectivity index (χ1) is 10.7. The highest BCUT2D eigenvalue weighted by molar-refractivity contribution is 5.88. The topological polar surface area (TPSA) is 108 Å². The van der Waals surface area contributed by atoms with E-state index in [0.717, 1.165) is 30.6 Å². The summed E-state index contributed by atoms with van der Waals surface area (Å²) >= 11 is 0. The summed E-state index contributed by atoms with van der Waals surface area (Å²) in [6.45, 7) is 5.37. The molecule has 22 heavy (non-hydrogen) atoms. The van der Waals surface area contributed by atoms with E-state index in [1.807, 2.05) is 6.92 Å². The van der Waals surface area contributed by atoms with Crippen LogP contribution in [0, 0.1) is 0 Å². The van der Waals surface area contributed by atoms with Gasteiger partial charge in [0.2, 0.25) is 11.9 Å². The zero-order valence-electron chi connectivity index (χ0n) is 13.3. The molecule has 0 saturated carbocycles. The highest BCUT2D eigenvalue weighted by atomic mass is 16.3. The van der Waals surface area contributed by atoms with Gasteiger partial charge in [-0.1, -0.05) is 13.8 Å². The zero-order chi connectivity index (χ0) is 15.9. The maximum atomic E-state index is 8.92. The number of nitrogens with one attached hydrogen (secondary N) is 3. The van der Waals surface area contributed by atoms with Gasteiger partial charge in [0, 0.05) is 20.1 Å². The minimum absolute atomic E-state index is 0.0211.